The normalized spacial score (nSPS) is 9.30. The molecule has 0 fully saturated rings. The summed E-state index contributed by atoms with van der Waals surface area (Å²) in [5, 5.41) is 14.2. The minimum absolute atomic E-state index is 0.334. The predicted octanol–water partition coefficient (Wildman–Crippen LogP) is 0.731. The highest BCUT2D eigenvalue weighted by Gasteiger charge is 1.86. The molecule has 0 aliphatic rings. The fraction of sp³-hybridized carbons (Fsp3) is 0.143. The molecule has 52 valence electrons. The zero-order valence-electron chi connectivity index (χ0n) is 5.76. The molecule has 0 unspecified atom stereocenters. The second-order valence-corrected chi connectivity index (χ2v) is 2.13. The summed E-state index contributed by atoms with van der Waals surface area (Å²) in [6.45, 7) is 1.93. The van der Waals surface area contributed by atoms with Gasteiger partial charge in [0, 0.05) is 6.20 Å². The van der Waals surface area contributed by atoms with E-state index in [4.69, 9.17) is 10.8 Å². The first-order valence-corrected chi connectivity index (χ1v) is 2.98. The van der Waals surface area contributed by atoms with Crippen LogP contribution in [0.3, 0.4) is 0 Å². The van der Waals surface area contributed by atoms with Crippen molar-refractivity contribution >= 4 is 6.34 Å². The van der Waals surface area contributed by atoms with Crippen LogP contribution >= 0.6 is 0 Å². The van der Waals surface area contributed by atoms with Gasteiger partial charge in [0.2, 0.25) is 0 Å². The van der Waals surface area contributed by atoms with Crippen molar-refractivity contribution in [3.8, 4) is 0 Å². The third-order valence-electron chi connectivity index (χ3n) is 1.26. The lowest BCUT2D eigenvalue weighted by molar-refractivity contribution is 0.975. The summed E-state index contributed by atoms with van der Waals surface area (Å²) in [7, 11) is 0. The Morgan fingerprint density at radius 3 is 2.70 bits per heavy atom. The Hall–Kier alpha value is -1.38. The lowest BCUT2D eigenvalue weighted by Crippen LogP contribution is -2.17. The van der Waals surface area contributed by atoms with Crippen LogP contribution in [0.5, 0.6) is 0 Å². The minimum atomic E-state index is 0.334. The number of nitrogens with one attached hydrogen (secondary N) is 2. The first-order chi connectivity index (χ1) is 4.74. The summed E-state index contributed by atoms with van der Waals surface area (Å²) in [5.41, 5.74) is 1.39. The van der Waals surface area contributed by atoms with Crippen LogP contribution in [0, 0.1) is 17.7 Å². The highest BCUT2D eigenvalue weighted by molar-refractivity contribution is 5.53. The molecular formula is C7H9N3. The van der Waals surface area contributed by atoms with E-state index < -0.39 is 0 Å². The van der Waals surface area contributed by atoms with Crippen LogP contribution < -0.4 is 5.49 Å². The number of hydrogen-bond donors (Lipinski definition) is 2. The van der Waals surface area contributed by atoms with Crippen molar-refractivity contribution in [2.24, 2.45) is 0 Å². The molecule has 0 spiro atoms. The van der Waals surface area contributed by atoms with Gasteiger partial charge in [0.05, 0.1) is 6.34 Å². The lowest BCUT2D eigenvalue weighted by Gasteiger charge is -1.97. The van der Waals surface area contributed by atoms with Gasteiger partial charge in [0.15, 0.2) is 0 Å². The summed E-state index contributed by atoms with van der Waals surface area (Å²) >= 11 is 0. The van der Waals surface area contributed by atoms with Gasteiger partial charge in [0.25, 0.3) is 0 Å². The molecule has 0 radical (unpaired) electrons. The van der Waals surface area contributed by atoms with Gasteiger partial charge in [-0.2, -0.15) is 0 Å². The van der Waals surface area contributed by atoms with E-state index in [2.05, 4.69) is 0 Å². The molecule has 1 heterocycles. The zero-order chi connectivity index (χ0) is 7.56. The van der Waals surface area contributed by atoms with E-state index in [9.17, 15) is 0 Å². The molecule has 0 saturated heterocycles. The minimum Gasteiger partial charge on any atom is -0.293 e. The van der Waals surface area contributed by atoms with Crippen molar-refractivity contribution in [3.63, 3.8) is 0 Å². The second kappa shape index (κ2) is 2.47. The molecule has 1 aromatic heterocycles. The fourth-order valence-corrected chi connectivity index (χ4v) is 0.735. The molecule has 0 saturated carbocycles. The van der Waals surface area contributed by atoms with Gasteiger partial charge < -0.3 is 0 Å². The number of hydrogen-bond acceptors (Lipinski definition) is 2. The van der Waals surface area contributed by atoms with Crippen molar-refractivity contribution in [2.45, 2.75) is 6.92 Å². The molecule has 3 nitrogen and oxygen atoms in total. The van der Waals surface area contributed by atoms with E-state index in [1.54, 1.807) is 12.3 Å². The van der Waals surface area contributed by atoms with Crippen LogP contribution in [0.25, 0.3) is 0 Å². The van der Waals surface area contributed by atoms with Crippen molar-refractivity contribution in [1.29, 1.82) is 10.8 Å². The van der Waals surface area contributed by atoms with E-state index in [0.717, 1.165) is 11.9 Å². The van der Waals surface area contributed by atoms with Crippen molar-refractivity contribution in [2.75, 3.05) is 0 Å². The van der Waals surface area contributed by atoms with E-state index in [-0.39, 0.29) is 0 Å². The van der Waals surface area contributed by atoms with Crippen molar-refractivity contribution in [1.82, 2.24) is 4.57 Å². The van der Waals surface area contributed by atoms with Crippen LogP contribution in [-0.2, 0) is 0 Å². The average Bonchev–Trinajstić information content (AvgIpc) is 1.94. The Morgan fingerprint density at radius 2 is 2.20 bits per heavy atom. The van der Waals surface area contributed by atoms with Gasteiger partial charge in [-0.05, 0) is 18.6 Å². The maximum absolute atomic E-state index is 7.28. The quantitative estimate of drug-likeness (QED) is 0.421. The summed E-state index contributed by atoms with van der Waals surface area (Å²) in [4.78, 5) is 0. The molecule has 0 amide bonds. The highest BCUT2D eigenvalue weighted by atomic mass is 15.0. The number of aromatic nitrogens is 1. The highest BCUT2D eigenvalue weighted by Crippen LogP contribution is 1.88. The first kappa shape index (κ1) is 6.74. The average molecular weight is 135 g/mol. The van der Waals surface area contributed by atoms with Crippen LogP contribution in [0.1, 0.15) is 5.56 Å². The van der Waals surface area contributed by atoms with E-state index in [1.165, 1.54) is 4.57 Å². The number of aryl methyl sites for hydroxylation is 1. The van der Waals surface area contributed by atoms with Crippen molar-refractivity contribution < 1.29 is 0 Å². The summed E-state index contributed by atoms with van der Waals surface area (Å²) in [5.74, 6) is 0. The molecule has 3 heteroatoms. The van der Waals surface area contributed by atoms with Crippen LogP contribution in [0.4, 0.5) is 0 Å². The molecule has 0 bridgehead atoms. The van der Waals surface area contributed by atoms with Crippen molar-refractivity contribution in [3.05, 3.63) is 29.4 Å². The molecule has 1 aromatic rings. The molecule has 10 heavy (non-hydrogen) atoms. The molecule has 0 aliphatic carbocycles. The molecule has 1 rings (SSSR count). The van der Waals surface area contributed by atoms with Crippen LogP contribution in [-0.4, -0.2) is 10.9 Å². The smallest absolute Gasteiger partial charge is 0.129 e. The molecule has 0 aromatic carbocycles. The van der Waals surface area contributed by atoms with E-state index in [1.807, 2.05) is 13.0 Å². The zero-order valence-corrected chi connectivity index (χ0v) is 5.76. The maximum Gasteiger partial charge on any atom is 0.129 e. The van der Waals surface area contributed by atoms with Gasteiger partial charge in [-0.1, -0.05) is 6.07 Å². The Balaban J connectivity index is 3.35. The lowest BCUT2D eigenvalue weighted by atomic mass is 10.3. The predicted molar refractivity (Wildman–Crippen MR) is 39.2 cm³/mol. The second-order valence-electron chi connectivity index (χ2n) is 2.13. The maximum atomic E-state index is 7.28. The Labute approximate surface area is 59.0 Å². The number of nitrogens with zero attached hydrogens (tertiary/aromatic N) is 1. The third kappa shape index (κ3) is 1.13. The summed E-state index contributed by atoms with van der Waals surface area (Å²) in [6, 6.07) is 3.52. The van der Waals surface area contributed by atoms with Crippen LogP contribution in [0.15, 0.2) is 18.3 Å². The van der Waals surface area contributed by atoms with E-state index in [0.29, 0.717) is 5.49 Å². The molecule has 0 aliphatic heterocycles. The number of rotatable bonds is 1. The Morgan fingerprint density at radius 1 is 1.50 bits per heavy atom. The topological polar surface area (TPSA) is 52.6 Å². The first-order valence-electron chi connectivity index (χ1n) is 2.98. The fourth-order valence-electron chi connectivity index (χ4n) is 0.735. The SMILES string of the molecule is Cc1ccc(=N)n(C=N)c1. The Kier molecular flexibility index (Phi) is 1.67. The largest absolute Gasteiger partial charge is 0.293 e. The number of pyridine rings is 1. The molecule has 0 atom stereocenters. The van der Waals surface area contributed by atoms with Gasteiger partial charge in [0.1, 0.15) is 5.49 Å². The third-order valence-corrected chi connectivity index (χ3v) is 1.26. The van der Waals surface area contributed by atoms with E-state index >= 15 is 0 Å². The van der Waals surface area contributed by atoms with Gasteiger partial charge in [-0.3, -0.25) is 15.4 Å². The Bertz CT molecular complexity index is 298. The van der Waals surface area contributed by atoms with Gasteiger partial charge in [-0.25, -0.2) is 0 Å². The summed E-state index contributed by atoms with van der Waals surface area (Å²) in [6.07, 6.45) is 2.87. The molecule has 2 N–H and O–H groups in total. The van der Waals surface area contributed by atoms with Gasteiger partial charge >= 0.3 is 0 Å². The van der Waals surface area contributed by atoms with Crippen LogP contribution in [0.2, 0.25) is 0 Å². The standard InChI is InChI=1S/C7H9N3/c1-6-2-3-7(9)10(4-6)5-8/h2-5,8-9H,1H3. The monoisotopic (exact) mass is 135 g/mol. The molecular weight excluding hydrogens is 126 g/mol. The summed E-state index contributed by atoms with van der Waals surface area (Å²) < 4.78 is 1.45. The van der Waals surface area contributed by atoms with Gasteiger partial charge in [-0.15, -0.1) is 0 Å².